The Hall–Kier alpha value is -1.73. The number of hydrogen-bond donors (Lipinski definition) is 2. The first-order valence-corrected chi connectivity index (χ1v) is 8.39. The predicted octanol–water partition coefficient (Wildman–Crippen LogP) is 0.315. The molecule has 3 rings (SSSR count). The average Bonchev–Trinajstić information content (AvgIpc) is 2.63. The van der Waals surface area contributed by atoms with Crippen LogP contribution in [0.25, 0.3) is 0 Å². The van der Waals surface area contributed by atoms with Crippen molar-refractivity contribution in [3.05, 3.63) is 18.5 Å². The van der Waals surface area contributed by atoms with Gasteiger partial charge < -0.3 is 20.7 Å². The monoisotopic (exact) mass is 319 g/mol. The summed E-state index contributed by atoms with van der Waals surface area (Å²) >= 11 is 0. The van der Waals surface area contributed by atoms with Gasteiger partial charge in [-0.1, -0.05) is 0 Å². The molecule has 2 unspecified atom stereocenters. The number of nitrogens with two attached hydrogens (primary N) is 1. The lowest BCUT2D eigenvalue weighted by molar-refractivity contribution is -0.125. The van der Waals surface area contributed by atoms with E-state index in [4.69, 9.17) is 10.5 Å². The number of aromatic nitrogens is 2. The Morgan fingerprint density at radius 3 is 2.78 bits per heavy atom. The molecule has 7 nitrogen and oxygen atoms in total. The molecular weight excluding hydrogens is 294 g/mol. The fraction of sp³-hybridized carbons (Fsp3) is 0.688. The van der Waals surface area contributed by atoms with Crippen LogP contribution in [0.15, 0.2) is 18.5 Å². The Morgan fingerprint density at radius 1 is 1.30 bits per heavy atom. The first-order valence-electron chi connectivity index (χ1n) is 8.39. The third-order valence-corrected chi connectivity index (χ3v) is 4.68. The zero-order valence-electron chi connectivity index (χ0n) is 13.4. The maximum Gasteiger partial charge on any atom is 0.237 e. The maximum atomic E-state index is 12.4. The normalized spacial score (nSPS) is 24.2. The van der Waals surface area contributed by atoms with Gasteiger partial charge in [0.1, 0.15) is 0 Å². The molecule has 0 saturated carbocycles. The highest BCUT2D eigenvalue weighted by Gasteiger charge is 2.29. The van der Waals surface area contributed by atoms with Crippen molar-refractivity contribution in [2.45, 2.75) is 37.8 Å². The lowest BCUT2D eigenvalue weighted by atomic mass is 9.91. The summed E-state index contributed by atoms with van der Waals surface area (Å²) in [5.41, 5.74) is 6.15. The van der Waals surface area contributed by atoms with Crippen LogP contribution < -0.4 is 16.0 Å². The Labute approximate surface area is 136 Å². The van der Waals surface area contributed by atoms with Crippen molar-refractivity contribution in [2.24, 2.45) is 11.7 Å². The second-order valence-electron chi connectivity index (χ2n) is 6.32. The molecule has 3 heterocycles. The summed E-state index contributed by atoms with van der Waals surface area (Å²) in [6.45, 7) is 3.06. The number of anilines is 1. The minimum Gasteiger partial charge on any atom is -0.381 e. The van der Waals surface area contributed by atoms with Gasteiger partial charge in [0.15, 0.2) is 0 Å². The van der Waals surface area contributed by atoms with Gasteiger partial charge in [-0.15, -0.1) is 0 Å². The number of ether oxygens (including phenoxy) is 1. The Morgan fingerprint density at radius 2 is 2.04 bits per heavy atom. The molecule has 2 saturated heterocycles. The number of carbonyl (C=O) groups excluding carboxylic acids is 1. The highest BCUT2D eigenvalue weighted by Crippen LogP contribution is 2.19. The van der Waals surface area contributed by atoms with Crippen LogP contribution in [0, 0.1) is 5.92 Å². The summed E-state index contributed by atoms with van der Waals surface area (Å²) < 4.78 is 5.33. The molecule has 2 aliphatic heterocycles. The molecule has 2 aliphatic rings. The van der Waals surface area contributed by atoms with Crippen molar-refractivity contribution in [1.29, 1.82) is 0 Å². The van der Waals surface area contributed by atoms with Crippen molar-refractivity contribution in [3.63, 3.8) is 0 Å². The predicted molar refractivity (Wildman–Crippen MR) is 86.9 cm³/mol. The molecule has 1 amide bonds. The van der Waals surface area contributed by atoms with E-state index >= 15 is 0 Å². The molecule has 7 heteroatoms. The average molecular weight is 319 g/mol. The highest BCUT2D eigenvalue weighted by molar-refractivity contribution is 5.82. The lowest BCUT2D eigenvalue weighted by Gasteiger charge is -2.34. The molecule has 0 aromatic carbocycles. The summed E-state index contributed by atoms with van der Waals surface area (Å²) in [6.07, 6.45) is 7.19. The molecule has 2 atom stereocenters. The zero-order valence-corrected chi connectivity index (χ0v) is 13.4. The molecule has 0 bridgehead atoms. The molecule has 23 heavy (non-hydrogen) atoms. The van der Waals surface area contributed by atoms with Gasteiger partial charge in [-0.3, -0.25) is 4.79 Å². The third-order valence-electron chi connectivity index (χ3n) is 4.68. The van der Waals surface area contributed by atoms with Crippen LogP contribution >= 0.6 is 0 Å². The van der Waals surface area contributed by atoms with E-state index in [-0.39, 0.29) is 17.9 Å². The zero-order chi connectivity index (χ0) is 16.1. The van der Waals surface area contributed by atoms with E-state index in [0.717, 1.165) is 44.7 Å². The van der Waals surface area contributed by atoms with Crippen molar-refractivity contribution < 1.29 is 9.53 Å². The lowest BCUT2D eigenvalue weighted by Crippen LogP contribution is -2.54. The van der Waals surface area contributed by atoms with Crippen molar-refractivity contribution in [1.82, 2.24) is 15.3 Å². The molecule has 3 N–H and O–H groups in total. The summed E-state index contributed by atoms with van der Waals surface area (Å²) in [6, 6.07) is 1.47. The van der Waals surface area contributed by atoms with E-state index < -0.39 is 6.04 Å². The third kappa shape index (κ3) is 4.17. The summed E-state index contributed by atoms with van der Waals surface area (Å²) in [5.74, 6) is 0.902. The Bertz CT molecular complexity index is 506. The second-order valence-corrected chi connectivity index (χ2v) is 6.32. The number of piperidine rings is 1. The minimum atomic E-state index is -0.442. The summed E-state index contributed by atoms with van der Waals surface area (Å²) in [4.78, 5) is 23.1. The molecule has 1 aromatic rings. The van der Waals surface area contributed by atoms with Gasteiger partial charge in [0.25, 0.3) is 0 Å². The SMILES string of the molecule is NC(C(=O)NC1CCCN(c2ncccn2)C1)C1CCOCC1. The van der Waals surface area contributed by atoms with Crippen LogP contribution in [-0.2, 0) is 9.53 Å². The van der Waals surface area contributed by atoms with Crippen LogP contribution in [0.2, 0.25) is 0 Å². The minimum absolute atomic E-state index is 0.0438. The van der Waals surface area contributed by atoms with Crippen molar-refractivity contribution in [3.8, 4) is 0 Å². The first-order chi connectivity index (χ1) is 11.2. The van der Waals surface area contributed by atoms with Gasteiger partial charge in [-0.25, -0.2) is 9.97 Å². The fourth-order valence-electron chi connectivity index (χ4n) is 3.32. The van der Waals surface area contributed by atoms with E-state index in [1.807, 2.05) is 0 Å². The van der Waals surface area contributed by atoms with Gasteiger partial charge >= 0.3 is 0 Å². The van der Waals surface area contributed by atoms with Crippen molar-refractivity contribution >= 4 is 11.9 Å². The van der Waals surface area contributed by atoms with E-state index in [9.17, 15) is 4.79 Å². The number of carbonyl (C=O) groups is 1. The van der Waals surface area contributed by atoms with E-state index in [0.29, 0.717) is 13.2 Å². The largest absolute Gasteiger partial charge is 0.381 e. The quantitative estimate of drug-likeness (QED) is 0.830. The molecule has 0 aliphatic carbocycles. The number of amides is 1. The van der Waals surface area contributed by atoms with E-state index in [2.05, 4.69) is 20.2 Å². The Balaban J connectivity index is 1.53. The standard InChI is InChI=1S/C16H25N5O2/c17-14(12-4-9-23-10-5-12)15(22)20-13-3-1-8-21(11-13)16-18-6-2-7-19-16/h2,6-7,12-14H,1,3-5,8-11,17H2,(H,20,22). The van der Waals surface area contributed by atoms with Gasteiger partial charge in [-0.05, 0) is 37.7 Å². The van der Waals surface area contributed by atoms with Gasteiger partial charge in [0.2, 0.25) is 11.9 Å². The molecule has 2 fully saturated rings. The smallest absolute Gasteiger partial charge is 0.237 e. The Kier molecular flexibility index (Phi) is 5.40. The van der Waals surface area contributed by atoms with E-state index in [1.165, 1.54) is 0 Å². The van der Waals surface area contributed by atoms with Crippen LogP contribution in [-0.4, -0.2) is 54.3 Å². The number of nitrogens with zero attached hydrogens (tertiary/aromatic N) is 3. The van der Waals surface area contributed by atoms with Gasteiger partial charge in [-0.2, -0.15) is 0 Å². The van der Waals surface area contributed by atoms with Crippen LogP contribution in [0.4, 0.5) is 5.95 Å². The molecule has 126 valence electrons. The van der Waals surface area contributed by atoms with Gasteiger partial charge in [0.05, 0.1) is 6.04 Å². The number of rotatable bonds is 4. The second kappa shape index (κ2) is 7.70. The number of nitrogens with one attached hydrogen (secondary N) is 1. The van der Waals surface area contributed by atoms with E-state index in [1.54, 1.807) is 18.5 Å². The van der Waals surface area contributed by atoms with Crippen molar-refractivity contribution in [2.75, 3.05) is 31.2 Å². The highest BCUT2D eigenvalue weighted by atomic mass is 16.5. The van der Waals surface area contributed by atoms with Gasteiger partial charge in [0, 0.05) is 44.7 Å². The van der Waals surface area contributed by atoms with Crippen LogP contribution in [0.1, 0.15) is 25.7 Å². The molecule has 1 aromatic heterocycles. The molecule has 0 radical (unpaired) electrons. The van der Waals surface area contributed by atoms with Crippen LogP contribution in [0.5, 0.6) is 0 Å². The fourth-order valence-corrected chi connectivity index (χ4v) is 3.32. The summed E-state index contributed by atoms with van der Waals surface area (Å²) in [5, 5.41) is 3.11. The first kappa shape index (κ1) is 16.1. The molecule has 0 spiro atoms. The number of hydrogen-bond acceptors (Lipinski definition) is 6. The molecular formula is C16H25N5O2. The topological polar surface area (TPSA) is 93.4 Å². The summed E-state index contributed by atoms with van der Waals surface area (Å²) in [7, 11) is 0. The maximum absolute atomic E-state index is 12.4. The van der Waals surface area contributed by atoms with Crippen LogP contribution in [0.3, 0.4) is 0 Å².